The van der Waals surface area contributed by atoms with Crippen LogP contribution in [0.2, 0.25) is 0 Å². The van der Waals surface area contributed by atoms with E-state index in [1.165, 1.54) is 19.1 Å². The Labute approximate surface area is 133 Å². The molecule has 5 rings (SSSR count). The maximum atomic E-state index is 16.1. The lowest BCUT2D eigenvalue weighted by atomic mass is 9.58. The van der Waals surface area contributed by atoms with Crippen LogP contribution in [0.5, 0.6) is 0 Å². The smallest absolute Gasteiger partial charge is 0.326 e. The number of hydrogen-bond donors (Lipinski definition) is 0. The standard InChI is InChI=1S/C17H17FN2O3/c1-19-14-13-10-7-5-4-6-9(10)11(8-12(13)23-3)17(14,18)15(21)20(2)16(19)22/h4-8,11,13-14H,1-3H3. The van der Waals surface area contributed by atoms with Gasteiger partial charge in [0.1, 0.15) is 5.76 Å². The third kappa shape index (κ3) is 1.46. The highest BCUT2D eigenvalue weighted by Crippen LogP contribution is 2.58. The van der Waals surface area contributed by atoms with Crippen molar-refractivity contribution in [3.8, 4) is 0 Å². The van der Waals surface area contributed by atoms with Crippen molar-refractivity contribution in [1.82, 2.24) is 9.80 Å². The summed E-state index contributed by atoms with van der Waals surface area (Å²) in [6.45, 7) is 0. The fourth-order valence-electron chi connectivity index (χ4n) is 4.35. The van der Waals surface area contributed by atoms with Crippen LogP contribution in [0, 0.1) is 0 Å². The minimum atomic E-state index is -2.17. The highest BCUT2D eigenvalue weighted by atomic mass is 19.1. The zero-order valence-corrected chi connectivity index (χ0v) is 13.1. The molecule has 5 nitrogen and oxygen atoms in total. The van der Waals surface area contributed by atoms with E-state index in [0.29, 0.717) is 5.76 Å². The molecule has 1 aliphatic heterocycles. The fraction of sp³-hybridized carbons (Fsp3) is 0.412. The molecule has 0 spiro atoms. The van der Waals surface area contributed by atoms with E-state index in [1.807, 2.05) is 24.3 Å². The molecular formula is C17H17FN2O3. The van der Waals surface area contributed by atoms with E-state index >= 15 is 4.39 Å². The molecule has 23 heavy (non-hydrogen) atoms. The molecule has 4 aliphatic rings. The molecular weight excluding hydrogens is 299 g/mol. The average Bonchev–Trinajstić information content (AvgIpc) is 2.58. The number of benzene rings is 1. The molecule has 4 atom stereocenters. The Balaban J connectivity index is 2.01. The lowest BCUT2D eigenvalue weighted by molar-refractivity contribution is -0.154. The predicted octanol–water partition coefficient (Wildman–Crippen LogP) is 2.01. The first kappa shape index (κ1) is 14.2. The molecule has 0 aromatic heterocycles. The van der Waals surface area contributed by atoms with Gasteiger partial charge in [-0.05, 0) is 17.2 Å². The lowest BCUT2D eigenvalue weighted by Crippen LogP contribution is -2.73. The van der Waals surface area contributed by atoms with E-state index < -0.39 is 35.5 Å². The van der Waals surface area contributed by atoms with Gasteiger partial charge in [0, 0.05) is 14.1 Å². The van der Waals surface area contributed by atoms with Gasteiger partial charge in [0.05, 0.1) is 25.0 Å². The van der Waals surface area contributed by atoms with E-state index in [2.05, 4.69) is 0 Å². The van der Waals surface area contributed by atoms with Crippen molar-refractivity contribution >= 4 is 11.9 Å². The highest BCUT2D eigenvalue weighted by Gasteiger charge is 2.68. The second kappa shape index (κ2) is 4.34. The molecule has 6 heteroatoms. The zero-order valence-electron chi connectivity index (χ0n) is 13.1. The number of amides is 3. The lowest BCUT2D eigenvalue weighted by Gasteiger charge is -2.56. The largest absolute Gasteiger partial charge is 0.501 e. The summed E-state index contributed by atoms with van der Waals surface area (Å²) in [5.41, 5.74) is -0.452. The molecule has 0 radical (unpaired) electrons. The van der Waals surface area contributed by atoms with Crippen LogP contribution in [0.3, 0.4) is 0 Å². The summed E-state index contributed by atoms with van der Waals surface area (Å²) >= 11 is 0. The van der Waals surface area contributed by atoms with Gasteiger partial charge in [0.15, 0.2) is 0 Å². The monoisotopic (exact) mass is 316 g/mol. The Kier molecular flexibility index (Phi) is 2.69. The number of alkyl halides is 1. The molecule has 120 valence electrons. The van der Waals surface area contributed by atoms with Crippen LogP contribution in [0.25, 0.3) is 0 Å². The Morgan fingerprint density at radius 2 is 1.83 bits per heavy atom. The summed E-state index contributed by atoms with van der Waals surface area (Å²) in [7, 11) is 4.41. The number of nitrogens with zero attached hydrogens (tertiary/aromatic N) is 2. The van der Waals surface area contributed by atoms with Crippen LogP contribution >= 0.6 is 0 Å². The number of hydrogen-bond acceptors (Lipinski definition) is 3. The summed E-state index contributed by atoms with van der Waals surface area (Å²) in [6.07, 6.45) is 1.69. The number of ether oxygens (including phenoxy) is 1. The first-order valence-electron chi connectivity index (χ1n) is 7.51. The number of allylic oxidation sites excluding steroid dienone is 1. The summed E-state index contributed by atoms with van der Waals surface area (Å²) < 4.78 is 21.5. The molecule has 1 aromatic carbocycles. The maximum absolute atomic E-state index is 16.1. The van der Waals surface area contributed by atoms with E-state index in [-0.39, 0.29) is 0 Å². The van der Waals surface area contributed by atoms with Gasteiger partial charge in [-0.25, -0.2) is 9.18 Å². The molecule has 1 heterocycles. The first-order valence-corrected chi connectivity index (χ1v) is 7.51. The molecule has 3 aliphatic carbocycles. The van der Waals surface area contributed by atoms with Crippen LogP contribution in [0.4, 0.5) is 9.18 Å². The first-order chi connectivity index (χ1) is 10.9. The van der Waals surface area contributed by atoms with E-state index in [4.69, 9.17) is 4.74 Å². The van der Waals surface area contributed by atoms with Crippen molar-refractivity contribution in [2.24, 2.45) is 0 Å². The van der Waals surface area contributed by atoms with Gasteiger partial charge < -0.3 is 9.64 Å². The zero-order chi connectivity index (χ0) is 16.5. The number of methoxy groups -OCH3 is 1. The molecule has 1 aromatic rings. The van der Waals surface area contributed by atoms with Crippen molar-refractivity contribution in [2.75, 3.05) is 21.2 Å². The van der Waals surface area contributed by atoms with Crippen molar-refractivity contribution < 1.29 is 18.7 Å². The molecule has 0 saturated carbocycles. The summed E-state index contributed by atoms with van der Waals surface area (Å²) in [6, 6.07) is 6.10. The molecule has 4 unspecified atom stereocenters. The van der Waals surface area contributed by atoms with Crippen LogP contribution in [0.15, 0.2) is 36.1 Å². The topological polar surface area (TPSA) is 49.9 Å². The fourth-order valence-corrected chi connectivity index (χ4v) is 4.35. The predicted molar refractivity (Wildman–Crippen MR) is 80.6 cm³/mol. The normalized spacial score (nSPS) is 35.0. The number of carbonyl (C=O) groups is 2. The van der Waals surface area contributed by atoms with Crippen molar-refractivity contribution in [2.45, 2.75) is 23.5 Å². The Bertz CT molecular complexity index is 762. The van der Waals surface area contributed by atoms with Gasteiger partial charge in [-0.15, -0.1) is 0 Å². The summed E-state index contributed by atoms with van der Waals surface area (Å²) in [5.74, 6) is -1.39. The van der Waals surface area contributed by atoms with Gasteiger partial charge >= 0.3 is 6.03 Å². The van der Waals surface area contributed by atoms with E-state index in [9.17, 15) is 9.59 Å². The maximum Gasteiger partial charge on any atom is 0.326 e. The van der Waals surface area contributed by atoms with Gasteiger partial charge in [0.25, 0.3) is 5.91 Å². The SMILES string of the molecule is COC1=CC2c3ccccc3C1C1N(C)C(=O)N(C)C(=O)C21F. The van der Waals surface area contributed by atoms with E-state index in [1.54, 1.807) is 13.1 Å². The minimum Gasteiger partial charge on any atom is -0.501 e. The van der Waals surface area contributed by atoms with E-state index in [0.717, 1.165) is 16.0 Å². The van der Waals surface area contributed by atoms with Crippen molar-refractivity contribution in [3.63, 3.8) is 0 Å². The molecule has 3 amide bonds. The number of imide groups is 1. The third-order valence-electron chi connectivity index (χ3n) is 5.38. The number of urea groups is 1. The Morgan fingerprint density at radius 3 is 2.48 bits per heavy atom. The third-order valence-corrected chi connectivity index (χ3v) is 5.38. The molecule has 1 fully saturated rings. The van der Waals surface area contributed by atoms with Gasteiger partial charge in [0.2, 0.25) is 5.67 Å². The van der Waals surface area contributed by atoms with Crippen molar-refractivity contribution in [1.29, 1.82) is 0 Å². The summed E-state index contributed by atoms with van der Waals surface area (Å²) in [4.78, 5) is 27.2. The van der Waals surface area contributed by atoms with Gasteiger partial charge in [-0.3, -0.25) is 9.69 Å². The van der Waals surface area contributed by atoms with Crippen LogP contribution in [-0.2, 0) is 9.53 Å². The van der Waals surface area contributed by atoms with Crippen molar-refractivity contribution in [3.05, 3.63) is 47.2 Å². The Morgan fingerprint density at radius 1 is 1.17 bits per heavy atom. The number of carbonyl (C=O) groups excluding carboxylic acids is 2. The quantitative estimate of drug-likeness (QED) is 0.796. The number of rotatable bonds is 1. The molecule has 2 bridgehead atoms. The van der Waals surface area contributed by atoms with Gasteiger partial charge in [-0.2, -0.15) is 0 Å². The number of halogens is 1. The second-order valence-corrected chi connectivity index (χ2v) is 6.33. The number of likely N-dealkylation sites (N-methyl/N-ethyl adjacent to an activating group) is 1. The second-order valence-electron chi connectivity index (χ2n) is 6.33. The molecule has 1 saturated heterocycles. The van der Waals surface area contributed by atoms with Gasteiger partial charge in [-0.1, -0.05) is 24.3 Å². The average molecular weight is 316 g/mol. The van der Waals surface area contributed by atoms with Crippen LogP contribution in [-0.4, -0.2) is 54.7 Å². The van der Waals surface area contributed by atoms with Crippen LogP contribution in [0.1, 0.15) is 23.0 Å². The Hall–Kier alpha value is -2.37. The summed E-state index contributed by atoms with van der Waals surface area (Å²) in [5, 5.41) is 0. The highest BCUT2D eigenvalue weighted by molar-refractivity contribution is 6.03. The van der Waals surface area contributed by atoms with Crippen LogP contribution < -0.4 is 0 Å². The molecule has 0 N–H and O–H groups in total. The minimum absolute atomic E-state index is 0.474.